The number of rotatable bonds is 5. The van der Waals surface area contributed by atoms with Crippen LogP contribution in [0, 0.1) is 0 Å². The summed E-state index contributed by atoms with van der Waals surface area (Å²) in [6.45, 7) is 4.03. The molecule has 0 N–H and O–H groups in total. The van der Waals surface area contributed by atoms with Crippen molar-refractivity contribution in [3.05, 3.63) is 36.0 Å². The average Bonchev–Trinajstić information content (AvgIpc) is 3.34. The van der Waals surface area contributed by atoms with Gasteiger partial charge in [0, 0.05) is 12.6 Å². The van der Waals surface area contributed by atoms with Crippen molar-refractivity contribution in [1.29, 1.82) is 0 Å². The van der Waals surface area contributed by atoms with Gasteiger partial charge in [-0.05, 0) is 18.6 Å². The number of fused-ring (bicyclic) bond motifs is 1. The molecular formula is C18H20N2O6. The number of hydrogen-bond acceptors (Lipinski definition) is 7. The van der Waals surface area contributed by atoms with Crippen molar-refractivity contribution in [1.82, 2.24) is 9.88 Å². The van der Waals surface area contributed by atoms with Gasteiger partial charge in [0.1, 0.15) is 12.0 Å². The van der Waals surface area contributed by atoms with Crippen LogP contribution >= 0.6 is 0 Å². The summed E-state index contributed by atoms with van der Waals surface area (Å²) in [5.41, 5.74) is 0.287. The number of nitrogens with zero attached hydrogens (tertiary/aromatic N) is 2. The molecule has 0 unspecified atom stereocenters. The van der Waals surface area contributed by atoms with E-state index in [-0.39, 0.29) is 31.0 Å². The van der Waals surface area contributed by atoms with Gasteiger partial charge in [-0.3, -0.25) is 4.79 Å². The second kappa shape index (κ2) is 7.25. The van der Waals surface area contributed by atoms with Gasteiger partial charge in [-0.2, -0.15) is 0 Å². The summed E-state index contributed by atoms with van der Waals surface area (Å²) < 4.78 is 27.1. The Morgan fingerprint density at radius 3 is 3.12 bits per heavy atom. The topological polar surface area (TPSA) is 83.3 Å². The van der Waals surface area contributed by atoms with Gasteiger partial charge < -0.3 is 28.3 Å². The van der Waals surface area contributed by atoms with Crippen LogP contribution in [0.3, 0.4) is 0 Å². The van der Waals surface area contributed by atoms with Gasteiger partial charge >= 0.3 is 0 Å². The van der Waals surface area contributed by atoms with E-state index in [1.54, 1.807) is 23.1 Å². The summed E-state index contributed by atoms with van der Waals surface area (Å²) in [4.78, 5) is 18.7. The molecule has 26 heavy (non-hydrogen) atoms. The second-order valence-electron chi connectivity index (χ2n) is 6.07. The zero-order valence-electron chi connectivity index (χ0n) is 14.5. The van der Waals surface area contributed by atoms with E-state index in [0.717, 1.165) is 6.42 Å². The van der Waals surface area contributed by atoms with Crippen LogP contribution in [0.4, 0.5) is 0 Å². The van der Waals surface area contributed by atoms with Crippen molar-refractivity contribution in [3.8, 4) is 17.2 Å². The minimum Gasteiger partial charge on any atom is -0.484 e. The molecule has 0 radical (unpaired) electrons. The first-order valence-corrected chi connectivity index (χ1v) is 8.60. The average molecular weight is 360 g/mol. The fourth-order valence-corrected chi connectivity index (χ4v) is 2.99. The zero-order chi connectivity index (χ0) is 17.9. The maximum atomic E-state index is 12.7. The van der Waals surface area contributed by atoms with Crippen molar-refractivity contribution in [2.75, 3.05) is 26.6 Å². The molecule has 3 heterocycles. The Hall–Kier alpha value is -2.74. The Balaban J connectivity index is 1.39. The fraction of sp³-hybridized carbons (Fsp3) is 0.444. The third-order valence-corrected chi connectivity index (χ3v) is 4.44. The lowest BCUT2D eigenvalue weighted by Gasteiger charge is -2.34. The van der Waals surface area contributed by atoms with Crippen molar-refractivity contribution in [3.63, 3.8) is 0 Å². The lowest BCUT2D eigenvalue weighted by Crippen LogP contribution is -2.48. The predicted molar refractivity (Wildman–Crippen MR) is 89.3 cm³/mol. The molecule has 8 heteroatoms. The number of hydrogen-bond donors (Lipinski definition) is 0. The van der Waals surface area contributed by atoms with Crippen LogP contribution in [-0.4, -0.2) is 48.4 Å². The molecule has 1 saturated heterocycles. The summed E-state index contributed by atoms with van der Waals surface area (Å²) >= 11 is 0. The fourth-order valence-electron chi connectivity index (χ4n) is 2.99. The third kappa shape index (κ3) is 3.32. The Labute approximate surface area is 150 Å². The van der Waals surface area contributed by atoms with Gasteiger partial charge in [0.2, 0.25) is 12.7 Å². The Morgan fingerprint density at radius 1 is 1.35 bits per heavy atom. The van der Waals surface area contributed by atoms with Crippen LogP contribution in [0.25, 0.3) is 0 Å². The van der Waals surface area contributed by atoms with Gasteiger partial charge in [0.05, 0.1) is 19.3 Å². The molecule has 0 saturated carbocycles. The molecular weight excluding hydrogens is 340 g/mol. The standard InChI is InChI=1S/C18H20N2O6/c1-2-12-8-22-6-5-20(12)18(21)14-9-24-17(19-14)10-23-13-3-4-15-16(7-13)26-11-25-15/h3-4,7,9,12H,2,5-6,8,10-11H2,1H3/t12-/m1/s1. The minimum atomic E-state index is -0.141. The highest BCUT2D eigenvalue weighted by Gasteiger charge is 2.28. The number of carbonyl (C=O) groups is 1. The first kappa shape index (κ1) is 16.7. The van der Waals surface area contributed by atoms with E-state index in [1.165, 1.54) is 6.26 Å². The SMILES string of the molecule is CC[C@@H]1COCCN1C(=O)c1coc(COc2ccc3c(c2)OCO3)n1. The van der Waals surface area contributed by atoms with Gasteiger partial charge in [-0.1, -0.05) is 6.92 Å². The van der Waals surface area contributed by atoms with E-state index in [0.29, 0.717) is 42.9 Å². The number of morpholine rings is 1. The molecule has 1 aromatic carbocycles. The largest absolute Gasteiger partial charge is 0.484 e. The Bertz CT molecular complexity index is 790. The molecule has 1 fully saturated rings. The minimum absolute atomic E-state index is 0.0706. The number of oxazole rings is 1. The van der Waals surface area contributed by atoms with Gasteiger partial charge in [0.25, 0.3) is 5.91 Å². The van der Waals surface area contributed by atoms with E-state index in [4.69, 9.17) is 23.4 Å². The number of amides is 1. The molecule has 8 nitrogen and oxygen atoms in total. The lowest BCUT2D eigenvalue weighted by molar-refractivity contribution is -0.00311. The van der Waals surface area contributed by atoms with Crippen LogP contribution < -0.4 is 14.2 Å². The molecule has 2 aromatic rings. The lowest BCUT2D eigenvalue weighted by atomic mass is 10.1. The maximum absolute atomic E-state index is 12.7. The van der Waals surface area contributed by atoms with Crippen molar-refractivity contribution >= 4 is 5.91 Å². The predicted octanol–water partition coefficient (Wildman–Crippen LogP) is 2.23. The second-order valence-corrected chi connectivity index (χ2v) is 6.07. The molecule has 2 aliphatic rings. The first-order valence-electron chi connectivity index (χ1n) is 8.60. The van der Waals surface area contributed by atoms with Crippen LogP contribution in [-0.2, 0) is 11.3 Å². The van der Waals surface area contributed by atoms with E-state index in [9.17, 15) is 4.79 Å². The number of carbonyl (C=O) groups excluding carboxylic acids is 1. The Morgan fingerprint density at radius 2 is 2.23 bits per heavy atom. The summed E-state index contributed by atoms with van der Waals surface area (Å²) in [6, 6.07) is 5.38. The van der Waals surface area contributed by atoms with Crippen LogP contribution in [0.15, 0.2) is 28.9 Å². The highest BCUT2D eigenvalue weighted by Crippen LogP contribution is 2.35. The number of ether oxygens (including phenoxy) is 4. The zero-order valence-corrected chi connectivity index (χ0v) is 14.5. The van der Waals surface area contributed by atoms with Gasteiger partial charge in [-0.15, -0.1) is 0 Å². The van der Waals surface area contributed by atoms with E-state index >= 15 is 0 Å². The van der Waals surface area contributed by atoms with Crippen molar-refractivity contribution < 1.29 is 28.2 Å². The van der Waals surface area contributed by atoms with Crippen LogP contribution in [0.1, 0.15) is 29.7 Å². The molecule has 0 spiro atoms. The normalized spacial score (nSPS) is 18.8. The van der Waals surface area contributed by atoms with E-state index in [1.807, 2.05) is 6.92 Å². The van der Waals surface area contributed by atoms with Crippen LogP contribution in [0.2, 0.25) is 0 Å². The molecule has 0 bridgehead atoms. The summed E-state index contributed by atoms with van der Waals surface area (Å²) in [5, 5.41) is 0. The van der Waals surface area contributed by atoms with Crippen LogP contribution in [0.5, 0.6) is 17.2 Å². The van der Waals surface area contributed by atoms with Crippen molar-refractivity contribution in [2.45, 2.75) is 26.0 Å². The summed E-state index contributed by atoms with van der Waals surface area (Å²) in [7, 11) is 0. The molecule has 2 aliphatic heterocycles. The smallest absolute Gasteiger partial charge is 0.276 e. The molecule has 1 atom stereocenters. The first-order chi connectivity index (χ1) is 12.7. The highest BCUT2D eigenvalue weighted by molar-refractivity contribution is 5.92. The van der Waals surface area contributed by atoms with Gasteiger partial charge in [0.15, 0.2) is 23.8 Å². The molecule has 4 rings (SSSR count). The molecule has 1 aromatic heterocycles. The summed E-state index contributed by atoms with van der Waals surface area (Å²) in [5.74, 6) is 2.14. The molecule has 0 aliphatic carbocycles. The molecule has 138 valence electrons. The maximum Gasteiger partial charge on any atom is 0.276 e. The van der Waals surface area contributed by atoms with Gasteiger partial charge in [-0.25, -0.2) is 4.98 Å². The summed E-state index contributed by atoms with van der Waals surface area (Å²) in [6.07, 6.45) is 2.21. The quantitative estimate of drug-likeness (QED) is 0.808. The third-order valence-electron chi connectivity index (χ3n) is 4.44. The number of benzene rings is 1. The van der Waals surface area contributed by atoms with E-state index < -0.39 is 0 Å². The number of aromatic nitrogens is 1. The van der Waals surface area contributed by atoms with Crippen molar-refractivity contribution in [2.24, 2.45) is 0 Å². The monoisotopic (exact) mass is 360 g/mol. The Kier molecular flexibility index (Phi) is 4.66. The highest BCUT2D eigenvalue weighted by atomic mass is 16.7. The van der Waals surface area contributed by atoms with E-state index in [2.05, 4.69) is 4.98 Å². The molecule has 1 amide bonds.